The number of hydrogen-bond acceptors (Lipinski definition) is 3. The van der Waals surface area contributed by atoms with Crippen LogP contribution in [0.4, 0.5) is 0 Å². The molecule has 0 spiro atoms. The lowest BCUT2D eigenvalue weighted by Crippen LogP contribution is -2.01. The van der Waals surface area contributed by atoms with Crippen LogP contribution in [0.2, 0.25) is 0 Å². The Morgan fingerprint density at radius 1 is 1.36 bits per heavy atom. The van der Waals surface area contributed by atoms with E-state index in [-0.39, 0.29) is 4.90 Å². The van der Waals surface area contributed by atoms with Crippen molar-refractivity contribution >= 4 is 21.4 Å². The van der Waals surface area contributed by atoms with Crippen LogP contribution in [0.3, 0.4) is 0 Å². The largest absolute Gasteiger partial charge is 0.265 e. The first-order valence-electron chi connectivity index (χ1n) is 2.85. The molecule has 11 heavy (non-hydrogen) atoms. The molecule has 0 aliphatic rings. The second-order valence-electron chi connectivity index (χ2n) is 1.91. The minimum Gasteiger partial charge on any atom is -0.265 e. The summed E-state index contributed by atoms with van der Waals surface area (Å²) in [6, 6.07) is 2.83. The topological polar surface area (TPSA) is 47.0 Å². The molecule has 1 rings (SSSR count). The normalized spacial score (nSPS) is 11.4. The maximum absolute atomic E-state index is 11.0. The molecule has 60 valence electrons. The average molecular weight is 192 g/mol. The zero-order chi connectivity index (χ0) is 8.32. The highest BCUT2D eigenvalue weighted by Gasteiger charge is 2.10. The predicted molar refractivity (Wildman–Crippen MR) is 42.1 cm³/mol. The van der Waals surface area contributed by atoms with Gasteiger partial charge in [-0.2, -0.15) is 0 Å². The number of hydrogen-bond donors (Lipinski definition) is 0. The summed E-state index contributed by atoms with van der Waals surface area (Å²) in [5.74, 6) is 0. The summed E-state index contributed by atoms with van der Waals surface area (Å²) < 4.78 is 22.1. The fourth-order valence-electron chi connectivity index (χ4n) is 0.609. The van der Waals surface area contributed by atoms with E-state index >= 15 is 0 Å². The van der Waals surface area contributed by atoms with E-state index in [4.69, 9.17) is 11.6 Å². The van der Waals surface area contributed by atoms with Crippen molar-refractivity contribution in [1.82, 2.24) is 4.98 Å². The van der Waals surface area contributed by atoms with E-state index in [1.54, 1.807) is 0 Å². The van der Waals surface area contributed by atoms with Crippen molar-refractivity contribution in [3.05, 3.63) is 24.5 Å². The Bertz CT molecular complexity index is 322. The number of halogens is 1. The summed E-state index contributed by atoms with van der Waals surface area (Å²) in [4.78, 5) is 3.90. The van der Waals surface area contributed by atoms with Crippen molar-refractivity contribution in [2.45, 2.75) is 4.90 Å². The smallest absolute Gasteiger partial charge is 0.192 e. The molecule has 0 N–H and O–H groups in total. The number of aromatic nitrogens is 1. The molecule has 0 saturated heterocycles. The SMILES string of the molecule is O=S(=O)(CCl)c1ccncc1. The van der Waals surface area contributed by atoms with Crippen molar-refractivity contribution in [1.29, 1.82) is 0 Å². The van der Waals surface area contributed by atoms with Gasteiger partial charge < -0.3 is 0 Å². The van der Waals surface area contributed by atoms with Crippen LogP contribution in [0, 0.1) is 0 Å². The molecule has 3 nitrogen and oxygen atoms in total. The molecule has 0 bridgehead atoms. The van der Waals surface area contributed by atoms with Crippen LogP contribution in [0.25, 0.3) is 0 Å². The molecule has 0 radical (unpaired) electrons. The van der Waals surface area contributed by atoms with Gasteiger partial charge in [0.05, 0.1) is 4.90 Å². The van der Waals surface area contributed by atoms with Crippen molar-refractivity contribution in [3.63, 3.8) is 0 Å². The lowest BCUT2D eigenvalue weighted by molar-refractivity contribution is 0.600. The molecule has 0 atom stereocenters. The summed E-state index contributed by atoms with van der Waals surface area (Å²) >= 11 is 5.22. The third-order valence-electron chi connectivity index (χ3n) is 1.15. The summed E-state index contributed by atoms with van der Waals surface area (Å²) in [7, 11) is -3.27. The summed E-state index contributed by atoms with van der Waals surface area (Å²) in [6.45, 7) is 0. The maximum atomic E-state index is 11.0. The fraction of sp³-hybridized carbons (Fsp3) is 0.167. The summed E-state index contributed by atoms with van der Waals surface area (Å²) in [6.07, 6.45) is 2.83. The van der Waals surface area contributed by atoms with E-state index in [0.29, 0.717) is 0 Å². The van der Waals surface area contributed by atoms with Crippen LogP contribution in [-0.2, 0) is 9.84 Å². The predicted octanol–water partition coefficient (Wildman–Crippen LogP) is 1.05. The Morgan fingerprint density at radius 3 is 2.36 bits per heavy atom. The standard InChI is InChI=1S/C6H6ClNO2S/c7-5-11(9,10)6-1-3-8-4-2-6/h1-4H,5H2. The van der Waals surface area contributed by atoms with Crippen molar-refractivity contribution in [2.75, 3.05) is 5.21 Å². The quantitative estimate of drug-likeness (QED) is 0.657. The van der Waals surface area contributed by atoms with E-state index in [0.717, 1.165) is 0 Å². The van der Waals surface area contributed by atoms with Crippen LogP contribution >= 0.6 is 11.6 Å². The maximum Gasteiger partial charge on any atom is 0.192 e. The van der Waals surface area contributed by atoms with Gasteiger partial charge in [0.25, 0.3) is 0 Å². The molecule has 1 heterocycles. The second kappa shape index (κ2) is 3.19. The van der Waals surface area contributed by atoms with Crippen LogP contribution in [0.5, 0.6) is 0 Å². The Balaban J connectivity index is 3.14. The van der Waals surface area contributed by atoms with Gasteiger partial charge in [-0.3, -0.25) is 4.98 Å². The Hall–Kier alpha value is -0.610. The van der Waals surface area contributed by atoms with Crippen molar-refractivity contribution in [3.8, 4) is 0 Å². The molecule has 0 unspecified atom stereocenters. The van der Waals surface area contributed by atoms with Crippen LogP contribution in [-0.4, -0.2) is 18.6 Å². The number of sulfone groups is 1. The molecule has 1 aromatic rings. The molecular formula is C6H6ClNO2S. The molecule has 5 heteroatoms. The van der Waals surface area contributed by atoms with Gasteiger partial charge in [0, 0.05) is 12.4 Å². The third-order valence-corrected chi connectivity index (χ3v) is 3.29. The first-order valence-corrected chi connectivity index (χ1v) is 5.04. The minimum absolute atomic E-state index is 0.211. The third kappa shape index (κ3) is 1.91. The highest BCUT2D eigenvalue weighted by atomic mass is 35.5. The number of alkyl halides is 1. The zero-order valence-corrected chi connectivity index (χ0v) is 7.14. The van der Waals surface area contributed by atoms with Crippen LogP contribution in [0.1, 0.15) is 0 Å². The first-order chi connectivity index (χ1) is 5.17. The van der Waals surface area contributed by atoms with Crippen LogP contribution in [0.15, 0.2) is 29.4 Å². The highest BCUT2D eigenvalue weighted by molar-refractivity contribution is 7.92. The molecule has 0 aromatic carbocycles. The molecular weight excluding hydrogens is 186 g/mol. The number of pyridine rings is 1. The van der Waals surface area contributed by atoms with Crippen molar-refractivity contribution < 1.29 is 8.42 Å². The van der Waals surface area contributed by atoms with Gasteiger partial charge in [-0.05, 0) is 12.1 Å². The highest BCUT2D eigenvalue weighted by Crippen LogP contribution is 2.09. The summed E-state index contributed by atoms with van der Waals surface area (Å²) in [5.41, 5.74) is 0. The van der Waals surface area contributed by atoms with Gasteiger partial charge in [-0.25, -0.2) is 8.42 Å². The Labute approximate surface area is 69.9 Å². The summed E-state index contributed by atoms with van der Waals surface area (Å²) in [5, 5.41) is -0.392. The average Bonchev–Trinajstić information content (AvgIpc) is 2.06. The number of rotatable bonds is 2. The van der Waals surface area contributed by atoms with Gasteiger partial charge >= 0.3 is 0 Å². The van der Waals surface area contributed by atoms with Crippen molar-refractivity contribution in [2.24, 2.45) is 0 Å². The number of nitrogens with zero attached hydrogens (tertiary/aromatic N) is 1. The molecule has 0 saturated carbocycles. The molecule has 1 aromatic heterocycles. The van der Waals surface area contributed by atoms with Gasteiger partial charge in [0.1, 0.15) is 5.21 Å². The van der Waals surface area contributed by atoms with E-state index in [1.165, 1.54) is 24.5 Å². The van der Waals surface area contributed by atoms with Gasteiger partial charge in [-0.1, -0.05) is 0 Å². The fourth-order valence-corrected chi connectivity index (χ4v) is 1.65. The zero-order valence-electron chi connectivity index (χ0n) is 5.57. The molecule has 0 fully saturated rings. The second-order valence-corrected chi connectivity index (χ2v) is 4.48. The Kier molecular flexibility index (Phi) is 2.46. The Morgan fingerprint density at radius 2 is 1.91 bits per heavy atom. The van der Waals surface area contributed by atoms with Gasteiger partial charge in [-0.15, -0.1) is 11.6 Å². The monoisotopic (exact) mass is 191 g/mol. The molecule has 0 aliphatic heterocycles. The van der Waals surface area contributed by atoms with Gasteiger partial charge in [0.2, 0.25) is 0 Å². The van der Waals surface area contributed by atoms with Gasteiger partial charge in [0.15, 0.2) is 9.84 Å². The molecule has 0 aliphatic carbocycles. The molecule has 0 amide bonds. The van der Waals surface area contributed by atoms with E-state index in [9.17, 15) is 8.42 Å². The van der Waals surface area contributed by atoms with E-state index < -0.39 is 15.0 Å². The van der Waals surface area contributed by atoms with E-state index in [1.807, 2.05) is 0 Å². The lowest BCUT2D eigenvalue weighted by atomic mass is 10.5. The first kappa shape index (κ1) is 8.49. The van der Waals surface area contributed by atoms with Crippen LogP contribution < -0.4 is 0 Å². The minimum atomic E-state index is -3.27. The lowest BCUT2D eigenvalue weighted by Gasteiger charge is -1.96. The van der Waals surface area contributed by atoms with E-state index in [2.05, 4.69) is 4.98 Å².